The van der Waals surface area contributed by atoms with Crippen LogP contribution in [-0.2, 0) is 4.79 Å². The van der Waals surface area contributed by atoms with Gasteiger partial charge in [0.05, 0.1) is 5.54 Å². The van der Waals surface area contributed by atoms with Crippen molar-refractivity contribution in [1.29, 1.82) is 0 Å². The molecule has 110 valence electrons. The normalized spacial score (nSPS) is 28.3. The molecule has 19 heavy (non-hydrogen) atoms. The van der Waals surface area contributed by atoms with E-state index in [0.717, 1.165) is 32.6 Å². The van der Waals surface area contributed by atoms with Crippen molar-refractivity contribution in [2.45, 2.75) is 58.5 Å². The van der Waals surface area contributed by atoms with Crippen LogP contribution in [0.2, 0.25) is 0 Å². The summed E-state index contributed by atoms with van der Waals surface area (Å²) in [6.45, 7) is 12.5. The maximum Gasteiger partial charge on any atom is 0.240 e. The lowest BCUT2D eigenvalue weighted by atomic mass is 9.86. The predicted octanol–water partition coefficient (Wildman–Crippen LogP) is 1.37. The molecule has 1 unspecified atom stereocenters. The van der Waals surface area contributed by atoms with E-state index in [1.165, 1.54) is 12.8 Å². The topological polar surface area (TPSA) is 44.4 Å². The van der Waals surface area contributed by atoms with Crippen LogP contribution in [0.4, 0.5) is 0 Å². The van der Waals surface area contributed by atoms with E-state index in [0.29, 0.717) is 6.04 Å². The number of nitrogens with zero attached hydrogens (tertiary/aromatic N) is 1. The van der Waals surface area contributed by atoms with E-state index in [-0.39, 0.29) is 11.3 Å². The summed E-state index contributed by atoms with van der Waals surface area (Å²) in [7, 11) is 0. The Balaban J connectivity index is 1.98. The first-order valence-electron chi connectivity index (χ1n) is 7.61. The molecule has 2 aliphatic rings. The van der Waals surface area contributed by atoms with Gasteiger partial charge in [0, 0.05) is 32.2 Å². The molecule has 2 rings (SSSR count). The quantitative estimate of drug-likeness (QED) is 0.811. The molecule has 0 aromatic heterocycles. The number of hydrogen-bond acceptors (Lipinski definition) is 3. The van der Waals surface area contributed by atoms with Crippen LogP contribution in [0, 0.1) is 5.41 Å². The fourth-order valence-electron chi connectivity index (χ4n) is 3.30. The second-order valence-corrected chi connectivity index (χ2v) is 7.20. The van der Waals surface area contributed by atoms with Crippen molar-refractivity contribution in [1.82, 2.24) is 15.5 Å². The molecule has 0 bridgehead atoms. The third-order valence-corrected chi connectivity index (χ3v) is 5.03. The zero-order chi connectivity index (χ0) is 14.1. The summed E-state index contributed by atoms with van der Waals surface area (Å²) in [4.78, 5) is 14.9. The highest BCUT2D eigenvalue weighted by molar-refractivity contribution is 5.85. The summed E-state index contributed by atoms with van der Waals surface area (Å²) in [5.74, 6) is 0.189. The van der Waals surface area contributed by atoms with Crippen LogP contribution in [0.1, 0.15) is 47.0 Å². The molecule has 1 amide bonds. The van der Waals surface area contributed by atoms with Gasteiger partial charge in [0.1, 0.15) is 0 Å². The van der Waals surface area contributed by atoms with Crippen molar-refractivity contribution in [2.75, 3.05) is 26.2 Å². The van der Waals surface area contributed by atoms with Crippen LogP contribution in [-0.4, -0.2) is 48.6 Å². The van der Waals surface area contributed by atoms with E-state index >= 15 is 0 Å². The predicted molar refractivity (Wildman–Crippen MR) is 78.1 cm³/mol. The van der Waals surface area contributed by atoms with Crippen molar-refractivity contribution in [2.24, 2.45) is 5.41 Å². The fourth-order valence-corrected chi connectivity index (χ4v) is 3.30. The van der Waals surface area contributed by atoms with E-state index in [4.69, 9.17) is 0 Å². The van der Waals surface area contributed by atoms with Gasteiger partial charge in [-0.3, -0.25) is 9.69 Å². The monoisotopic (exact) mass is 267 g/mol. The molecule has 4 heteroatoms. The Morgan fingerprint density at radius 2 is 1.95 bits per heavy atom. The number of rotatable bonds is 3. The highest BCUT2D eigenvalue weighted by Gasteiger charge is 2.40. The molecule has 1 aliphatic carbocycles. The molecule has 1 saturated carbocycles. The van der Waals surface area contributed by atoms with Crippen molar-refractivity contribution in [3.05, 3.63) is 0 Å². The van der Waals surface area contributed by atoms with Crippen molar-refractivity contribution < 1.29 is 4.79 Å². The van der Waals surface area contributed by atoms with E-state index in [9.17, 15) is 4.79 Å². The minimum Gasteiger partial charge on any atom is -0.351 e. The number of amides is 1. The smallest absolute Gasteiger partial charge is 0.240 e. The third-order valence-electron chi connectivity index (χ3n) is 5.03. The van der Waals surface area contributed by atoms with Crippen LogP contribution in [0.3, 0.4) is 0 Å². The summed E-state index contributed by atoms with van der Waals surface area (Å²) >= 11 is 0. The summed E-state index contributed by atoms with van der Waals surface area (Å²) in [6.07, 6.45) is 3.56. The Kier molecular flexibility index (Phi) is 4.21. The molecule has 1 saturated heterocycles. The molecule has 0 radical (unpaired) electrons. The maximum absolute atomic E-state index is 12.6. The molecular formula is C15H29N3O. The highest BCUT2D eigenvalue weighted by atomic mass is 16.2. The molecule has 4 nitrogen and oxygen atoms in total. The molecule has 2 fully saturated rings. The van der Waals surface area contributed by atoms with Crippen molar-refractivity contribution in [3.63, 3.8) is 0 Å². The van der Waals surface area contributed by atoms with E-state index < -0.39 is 5.54 Å². The number of nitrogens with one attached hydrogen (secondary N) is 2. The van der Waals surface area contributed by atoms with E-state index in [2.05, 4.69) is 43.2 Å². The highest BCUT2D eigenvalue weighted by Crippen LogP contribution is 2.37. The second kappa shape index (κ2) is 5.41. The molecule has 2 N–H and O–H groups in total. The maximum atomic E-state index is 12.6. The Morgan fingerprint density at radius 1 is 1.32 bits per heavy atom. The average molecular weight is 267 g/mol. The first-order chi connectivity index (χ1) is 8.84. The van der Waals surface area contributed by atoms with Gasteiger partial charge in [-0.05, 0) is 32.1 Å². The van der Waals surface area contributed by atoms with E-state index in [1.54, 1.807) is 0 Å². The van der Waals surface area contributed by atoms with E-state index in [1.807, 2.05) is 0 Å². The zero-order valence-electron chi connectivity index (χ0n) is 12.9. The molecule has 1 heterocycles. The van der Waals surface area contributed by atoms with Crippen molar-refractivity contribution in [3.8, 4) is 0 Å². The number of carbonyl (C=O) groups excluding carboxylic acids is 1. The van der Waals surface area contributed by atoms with Crippen LogP contribution < -0.4 is 10.6 Å². The molecule has 1 aliphatic heterocycles. The Hall–Kier alpha value is -0.610. The average Bonchev–Trinajstić information content (AvgIpc) is 2.70. The van der Waals surface area contributed by atoms with Crippen molar-refractivity contribution >= 4 is 5.91 Å². The summed E-state index contributed by atoms with van der Waals surface area (Å²) < 4.78 is 0. The SMILES string of the molecule is CC1(C)CCCC1NC(=O)C(C)(C)N1CCNCC1. The molecule has 0 aromatic carbocycles. The third kappa shape index (κ3) is 3.11. The number of hydrogen-bond donors (Lipinski definition) is 2. The molecule has 0 spiro atoms. The minimum atomic E-state index is -0.402. The van der Waals surface area contributed by atoms with Gasteiger partial charge >= 0.3 is 0 Å². The lowest BCUT2D eigenvalue weighted by Gasteiger charge is -2.41. The molecule has 1 atom stereocenters. The summed E-state index contributed by atoms with van der Waals surface area (Å²) in [5, 5.41) is 6.64. The van der Waals surface area contributed by atoms with Gasteiger partial charge < -0.3 is 10.6 Å². The van der Waals surface area contributed by atoms with Gasteiger partial charge in [-0.25, -0.2) is 0 Å². The second-order valence-electron chi connectivity index (χ2n) is 7.20. The molecule has 0 aromatic rings. The largest absolute Gasteiger partial charge is 0.351 e. The van der Waals surface area contributed by atoms with Gasteiger partial charge in [-0.2, -0.15) is 0 Å². The van der Waals surface area contributed by atoms with Crippen LogP contribution in [0.25, 0.3) is 0 Å². The fraction of sp³-hybridized carbons (Fsp3) is 0.933. The van der Waals surface area contributed by atoms with Gasteiger partial charge in [0.15, 0.2) is 0 Å². The number of piperazine rings is 1. The lowest BCUT2D eigenvalue weighted by molar-refractivity contribution is -0.133. The van der Waals surface area contributed by atoms with Crippen LogP contribution >= 0.6 is 0 Å². The van der Waals surface area contributed by atoms with Gasteiger partial charge in [0.2, 0.25) is 5.91 Å². The Morgan fingerprint density at radius 3 is 2.47 bits per heavy atom. The first kappa shape index (κ1) is 14.8. The summed E-state index contributed by atoms with van der Waals surface area (Å²) in [5.41, 5.74) is -0.157. The standard InChI is InChI=1S/C15H29N3O/c1-14(2)7-5-6-12(14)17-13(19)15(3,4)18-10-8-16-9-11-18/h12,16H,5-11H2,1-4H3,(H,17,19). The van der Waals surface area contributed by atoms with Crippen LogP contribution in [0.15, 0.2) is 0 Å². The number of carbonyl (C=O) groups is 1. The molecular weight excluding hydrogens is 238 g/mol. The first-order valence-corrected chi connectivity index (χ1v) is 7.61. The summed E-state index contributed by atoms with van der Waals surface area (Å²) in [6, 6.07) is 0.335. The minimum absolute atomic E-state index is 0.189. The lowest BCUT2D eigenvalue weighted by Crippen LogP contribution is -2.61. The van der Waals surface area contributed by atoms with Crippen LogP contribution in [0.5, 0.6) is 0 Å². The van der Waals surface area contributed by atoms with Gasteiger partial charge in [-0.1, -0.05) is 20.3 Å². The Labute approximate surface area is 117 Å². The van der Waals surface area contributed by atoms with Gasteiger partial charge in [0.25, 0.3) is 0 Å². The zero-order valence-corrected chi connectivity index (χ0v) is 12.9. The van der Waals surface area contributed by atoms with Gasteiger partial charge in [-0.15, -0.1) is 0 Å². The Bertz CT molecular complexity index is 332.